The smallest absolute Gasteiger partial charge is 0.0717 e. The standard InChI is InChI=1S/C17H26N2OS/c1-2-19(16-6-4-3-5-15(16)18)14-7-10-20-17(13-14)8-11-21-12-9-17/h3-6,14H,2,7-13,18H2,1H3. The first kappa shape index (κ1) is 15.0. The van der Waals surface area contributed by atoms with Crippen LogP contribution in [0.5, 0.6) is 0 Å². The Hall–Kier alpha value is -0.870. The lowest BCUT2D eigenvalue weighted by Gasteiger charge is -2.47. The third kappa shape index (κ3) is 3.16. The zero-order valence-electron chi connectivity index (χ0n) is 12.9. The monoisotopic (exact) mass is 306 g/mol. The Morgan fingerprint density at radius 3 is 2.81 bits per heavy atom. The van der Waals surface area contributed by atoms with Crippen LogP contribution in [-0.2, 0) is 4.74 Å². The number of thioether (sulfide) groups is 1. The molecule has 1 atom stereocenters. The molecule has 1 unspecified atom stereocenters. The van der Waals surface area contributed by atoms with E-state index in [0.717, 1.165) is 31.7 Å². The second-order valence-electron chi connectivity index (χ2n) is 6.14. The minimum Gasteiger partial charge on any atom is -0.397 e. The summed E-state index contributed by atoms with van der Waals surface area (Å²) in [7, 11) is 0. The number of hydrogen-bond donors (Lipinski definition) is 1. The van der Waals surface area contributed by atoms with Crippen molar-refractivity contribution in [1.29, 1.82) is 0 Å². The van der Waals surface area contributed by atoms with Gasteiger partial charge in [-0.3, -0.25) is 0 Å². The van der Waals surface area contributed by atoms with Crippen LogP contribution in [0.4, 0.5) is 11.4 Å². The first-order valence-corrected chi connectivity index (χ1v) is 9.22. The van der Waals surface area contributed by atoms with Crippen LogP contribution < -0.4 is 10.6 Å². The Labute approximate surface area is 132 Å². The molecule has 2 aliphatic heterocycles. The van der Waals surface area contributed by atoms with Gasteiger partial charge in [-0.25, -0.2) is 0 Å². The average Bonchev–Trinajstić information content (AvgIpc) is 2.51. The molecule has 2 saturated heterocycles. The number of ether oxygens (including phenoxy) is 1. The molecule has 0 radical (unpaired) electrons. The first-order chi connectivity index (χ1) is 10.2. The first-order valence-electron chi connectivity index (χ1n) is 8.07. The van der Waals surface area contributed by atoms with Crippen LogP contribution in [0.15, 0.2) is 24.3 Å². The number of nitrogens with two attached hydrogens (primary N) is 1. The molecule has 1 aromatic rings. The summed E-state index contributed by atoms with van der Waals surface area (Å²) in [6.07, 6.45) is 4.67. The van der Waals surface area contributed by atoms with E-state index in [1.165, 1.54) is 30.0 Å². The van der Waals surface area contributed by atoms with Crippen LogP contribution in [-0.4, -0.2) is 36.3 Å². The third-order valence-corrected chi connectivity index (χ3v) is 5.88. The van der Waals surface area contributed by atoms with Crippen molar-refractivity contribution >= 4 is 23.1 Å². The molecule has 0 saturated carbocycles. The van der Waals surface area contributed by atoms with Crippen LogP contribution in [0.25, 0.3) is 0 Å². The van der Waals surface area contributed by atoms with Crippen molar-refractivity contribution in [3.8, 4) is 0 Å². The highest BCUT2D eigenvalue weighted by atomic mass is 32.2. The lowest BCUT2D eigenvalue weighted by Crippen LogP contribution is -2.50. The van der Waals surface area contributed by atoms with Crippen LogP contribution >= 0.6 is 11.8 Å². The zero-order valence-corrected chi connectivity index (χ0v) is 13.7. The minimum atomic E-state index is 0.130. The maximum Gasteiger partial charge on any atom is 0.0717 e. The molecule has 2 fully saturated rings. The fourth-order valence-electron chi connectivity index (χ4n) is 3.73. The van der Waals surface area contributed by atoms with Gasteiger partial charge < -0.3 is 15.4 Å². The number of benzene rings is 1. The van der Waals surface area contributed by atoms with Crippen molar-refractivity contribution in [2.75, 3.05) is 35.3 Å². The highest BCUT2D eigenvalue weighted by Crippen LogP contribution is 2.40. The summed E-state index contributed by atoms with van der Waals surface area (Å²) in [5.74, 6) is 2.48. The number of nitrogen functional groups attached to an aromatic ring is 1. The molecule has 0 aromatic heterocycles. The van der Waals surface area contributed by atoms with E-state index in [1.807, 2.05) is 12.1 Å². The molecule has 1 aromatic carbocycles. The van der Waals surface area contributed by atoms with Gasteiger partial charge in [-0.15, -0.1) is 0 Å². The van der Waals surface area contributed by atoms with Gasteiger partial charge in [0.2, 0.25) is 0 Å². The molecule has 0 amide bonds. The van der Waals surface area contributed by atoms with E-state index in [-0.39, 0.29) is 5.60 Å². The summed E-state index contributed by atoms with van der Waals surface area (Å²) in [4.78, 5) is 2.49. The third-order valence-electron chi connectivity index (χ3n) is 4.90. The second-order valence-corrected chi connectivity index (χ2v) is 7.36. The largest absolute Gasteiger partial charge is 0.397 e. The lowest BCUT2D eigenvalue weighted by molar-refractivity contribution is -0.0896. The molecule has 4 heteroatoms. The SMILES string of the molecule is CCN(c1ccccc1N)C1CCOC2(CCSCC2)C1. The summed E-state index contributed by atoms with van der Waals surface area (Å²) in [5.41, 5.74) is 8.40. The Kier molecular flexibility index (Phi) is 4.65. The summed E-state index contributed by atoms with van der Waals surface area (Å²) < 4.78 is 6.23. The number of nitrogens with zero attached hydrogens (tertiary/aromatic N) is 1. The molecule has 1 spiro atoms. The topological polar surface area (TPSA) is 38.5 Å². The predicted molar refractivity (Wildman–Crippen MR) is 92.1 cm³/mol. The Balaban J connectivity index is 1.79. The molecule has 2 N–H and O–H groups in total. The molecule has 2 aliphatic rings. The summed E-state index contributed by atoms with van der Waals surface area (Å²) >= 11 is 2.06. The quantitative estimate of drug-likeness (QED) is 0.867. The normalized spacial score (nSPS) is 24.9. The predicted octanol–water partition coefficient (Wildman–Crippen LogP) is 3.54. The van der Waals surface area contributed by atoms with Gasteiger partial charge in [-0.05, 0) is 56.2 Å². The van der Waals surface area contributed by atoms with Gasteiger partial charge in [0.15, 0.2) is 0 Å². The zero-order chi connectivity index (χ0) is 14.7. The molecule has 0 bridgehead atoms. The molecule has 21 heavy (non-hydrogen) atoms. The number of hydrogen-bond acceptors (Lipinski definition) is 4. The second kappa shape index (κ2) is 6.49. The van der Waals surface area contributed by atoms with Crippen LogP contribution in [0.3, 0.4) is 0 Å². The van der Waals surface area contributed by atoms with E-state index in [2.05, 4.69) is 35.7 Å². The van der Waals surface area contributed by atoms with Crippen LogP contribution in [0, 0.1) is 0 Å². The lowest BCUT2D eigenvalue weighted by atomic mass is 9.84. The maximum absolute atomic E-state index is 6.23. The average molecular weight is 306 g/mol. The Morgan fingerprint density at radius 2 is 2.10 bits per heavy atom. The number of rotatable bonds is 3. The van der Waals surface area contributed by atoms with Crippen molar-refractivity contribution in [3.63, 3.8) is 0 Å². The summed E-state index contributed by atoms with van der Waals surface area (Å²) in [5, 5.41) is 0. The van der Waals surface area contributed by atoms with Crippen molar-refractivity contribution in [2.24, 2.45) is 0 Å². The van der Waals surface area contributed by atoms with E-state index < -0.39 is 0 Å². The molecule has 0 aliphatic carbocycles. The van der Waals surface area contributed by atoms with E-state index in [1.54, 1.807) is 0 Å². The minimum absolute atomic E-state index is 0.130. The molecule has 116 valence electrons. The van der Waals surface area contributed by atoms with E-state index in [0.29, 0.717) is 6.04 Å². The van der Waals surface area contributed by atoms with Crippen molar-refractivity contribution < 1.29 is 4.74 Å². The van der Waals surface area contributed by atoms with Crippen molar-refractivity contribution in [1.82, 2.24) is 0 Å². The highest BCUT2D eigenvalue weighted by Gasteiger charge is 2.40. The Bertz CT molecular complexity index is 468. The van der Waals surface area contributed by atoms with E-state index in [4.69, 9.17) is 10.5 Å². The molecular formula is C17H26N2OS. The van der Waals surface area contributed by atoms with Gasteiger partial charge >= 0.3 is 0 Å². The number of anilines is 2. The fourth-order valence-corrected chi connectivity index (χ4v) is 4.97. The molecule has 3 rings (SSSR count). The van der Waals surface area contributed by atoms with Gasteiger partial charge in [0.05, 0.1) is 17.0 Å². The summed E-state index contributed by atoms with van der Waals surface area (Å²) in [6, 6.07) is 8.80. The van der Waals surface area contributed by atoms with Crippen molar-refractivity contribution in [2.45, 2.75) is 44.2 Å². The molecule has 3 nitrogen and oxygen atoms in total. The fraction of sp³-hybridized carbons (Fsp3) is 0.647. The van der Waals surface area contributed by atoms with E-state index >= 15 is 0 Å². The van der Waals surface area contributed by atoms with Crippen LogP contribution in [0.2, 0.25) is 0 Å². The maximum atomic E-state index is 6.23. The van der Waals surface area contributed by atoms with E-state index in [9.17, 15) is 0 Å². The Morgan fingerprint density at radius 1 is 1.33 bits per heavy atom. The molecule has 2 heterocycles. The van der Waals surface area contributed by atoms with Crippen molar-refractivity contribution in [3.05, 3.63) is 24.3 Å². The number of para-hydroxylation sites is 2. The van der Waals surface area contributed by atoms with Crippen LogP contribution in [0.1, 0.15) is 32.6 Å². The summed E-state index contributed by atoms with van der Waals surface area (Å²) in [6.45, 7) is 4.12. The van der Waals surface area contributed by atoms with Gasteiger partial charge in [-0.1, -0.05) is 12.1 Å². The van der Waals surface area contributed by atoms with Gasteiger partial charge in [-0.2, -0.15) is 11.8 Å². The van der Waals surface area contributed by atoms with Gasteiger partial charge in [0.25, 0.3) is 0 Å². The van der Waals surface area contributed by atoms with Gasteiger partial charge in [0.1, 0.15) is 0 Å². The molecular weight excluding hydrogens is 280 g/mol. The van der Waals surface area contributed by atoms with Gasteiger partial charge in [0, 0.05) is 19.2 Å². The highest BCUT2D eigenvalue weighted by molar-refractivity contribution is 7.99.